The topological polar surface area (TPSA) is 58.6 Å². The van der Waals surface area contributed by atoms with Crippen molar-refractivity contribution < 1.29 is 14.3 Å². The highest BCUT2D eigenvalue weighted by Crippen LogP contribution is 2.21. The second-order valence-corrected chi connectivity index (χ2v) is 6.45. The van der Waals surface area contributed by atoms with Crippen molar-refractivity contribution in [1.82, 2.24) is 10.2 Å². The number of carbonyl (C=O) groups excluding carboxylic acids is 2. The normalized spacial score (nSPS) is 16.6. The van der Waals surface area contributed by atoms with Crippen LogP contribution >= 0.6 is 0 Å². The summed E-state index contributed by atoms with van der Waals surface area (Å²) in [5.41, 5.74) is 2.14. The van der Waals surface area contributed by atoms with Crippen molar-refractivity contribution in [3.63, 3.8) is 0 Å². The largest absolute Gasteiger partial charge is 0.497 e. The Labute approximate surface area is 154 Å². The predicted octanol–water partition coefficient (Wildman–Crippen LogP) is 2.55. The van der Waals surface area contributed by atoms with Gasteiger partial charge in [-0.25, -0.2) is 0 Å². The molecule has 3 rings (SSSR count). The van der Waals surface area contributed by atoms with E-state index in [4.69, 9.17) is 4.74 Å². The molecule has 1 aliphatic rings. The van der Waals surface area contributed by atoms with E-state index >= 15 is 0 Å². The van der Waals surface area contributed by atoms with E-state index < -0.39 is 0 Å². The molecule has 0 saturated carbocycles. The molecule has 2 amide bonds. The zero-order valence-corrected chi connectivity index (χ0v) is 15.0. The summed E-state index contributed by atoms with van der Waals surface area (Å²) in [5, 5.41) is 2.97. The highest BCUT2D eigenvalue weighted by atomic mass is 16.5. The average molecular weight is 352 g/mol. The number of likely N-dealkylation sites (tertiary alicyclic amines) is 1. The maximum Gasteiger partial charge on any atom is 0.242 e. The van der Waals surface area contributed by atoms with Gasteiger partial charge in [0.25, 0.3) is 0 Å². The van der Waals surface area contributed by atoms with Crippen LogP contribution in [0.15, 0.2) is 54.6 Å². The second-order valence-electron chi connectivity index (χ2n) is 6.45. The van der Waals surface area contributed by atoms with Crippen LogP contribution in [0.3, 0.4) is 0 Å². The summed E-state index contributed by atoms with van der Waals surface area (Å²) in [6.45, 7) is 1.02. The maximum absolute atomic E-state index is 12.6. The molecule has 0 spiro atoms. The van der Waals surface area contributed by atoms with Gasteiger partial charge in [0.1, 0.15) is 11.8 Å². The lowest BCUT2D eigenvalue weighted by Gasteiger charge is -2.24. The molecule has 0 radical (unpaired) electrons. The summed E-state index contributed by atoms with van der Waals surface area (Å²) in [6.07, 6.45) is 1.74. The number of ether oxygens (including phenoxy) is 1. The fourth-order valence-corrected chi connectivity index (χ4v) is 3.26. The molecule has 1 N–H and O–H groups in total. The van der Waals surface area contributed by atoms with Gasteiger partial charge in [0.15, 0.2) is 0 Å². The fourth-order valence-electron chi connectivity index (χ4n) is 3.26. The Hall–Kier alpha value is -2.82. The third-order valence-corrected chi connectivity index (χ3v) is 4.67. The first-order valence-corrected chi connectivity index (χ1v) is 8.91. The molecular weight excluding hydrogens is 328 g/mol. The van der Waals surface area contributed by atoms with Crippen LogP contribution in [0.2, 0.25) is 0 Å². The molecule has 0 aromatic heterocycles. The molecule has 1 unspecified atom stereocenters. The van der Waals surface area contributed by atoms with Crippen LogP contribution in [-0.4, -0.2) is 36.4 Å². The monoisotopic (exact) mass is 352 g/mol. The fraction of sp³-hybridized carbons (Fsp3) is 0.333. The molecule has 2 aromatic carbocycles. The Kier molecular flexibility index (Phi) is 5.89. The summed E-state index contributed by atoms with van der Waals surface area (Å²) in [7, 11) is 1.64. The molecular formula is C21H24N2O3. The number of benzene rings is 2. The van der Waals surface area contributed by atoms with Crippen molar-refractivity contribution in [3.05, 3.63) is 65.7 Å². The number of rotatable bonds is 7. The summed E-state index contributed by atoms with van der Waals surface area (Å²) in [4.78, 5) is 26.5. The summed E-state index contributed by atoms with van der Waals surface area (Å²) >= 11 is 0. The van der Waals surface area contributed by atoms with Crippen molar-refractivity contribution in [2.75, 3.05) is 13.7 Å². The molecule has 0 aliphatic carbocycles. The van der Waals surface area contributed by atoms with Gasteiger partial charge in [-0.05, 0) is 36.1 Å². The lowest BCUT2D eigenvalue weighted by Crippen LogP contribution is -2.44. The van der Waals surface area contributed by atoms with Gasteiger partial charge in [-0.15, -0.1) is 0 Å². The van der Waals surface area contributed by atoms with Crippen LogP contribution in [-0.2, 0) is 22.6 Å². The first kappa shape index (κ1) is 18.0. The Bertz CT molecular complexity index is 761. The summed E-state index contributed by atoms with van der Waals surface area (Å²) in [5.74, 6) is 0.778. The highest BCUT2D eigenvalue weighted by molar-refractivity contribution is 5.90. The number of nitrogens with one attached hydrogen (secondary N) is 1. The molecule has 1 saturated heterocycles. The quantitative estimate of drug-likeness (QED) is 0.833. The maximum atomic E-state index is 12.6. The van der Waals surface area contributed by atoms with Gasteiger partial charge in [0, 0.05) is 19.5 Å². The van der Waals surface area contributed by atoms with Gasteiger partial charge >= 0.3 is 0 Å². The molecule has 2 aromatic rings. The molecule has 0 bridgehead atoms. The molecule has 1 heterocycles. The Balaban J connectivity index is 1.55. The number of amides is 2. The van der Waals surface area contributed by atoms with E-state index in [9.17, 15) is 9.59 Å². The van der Waals surface area contributed by atoms with Gasteiger partial charge in [-0.3, -0.25) is 9.59 Å². The van der Waals surface area contributed by atoms with E-state index in [0.717, 1.165) is 23.3 Å². The molecule has 1 aliphatic heterocycles. The third-order valence-electron chi connectivity index (χ3n) is 4.67. The first-order valence-electron chi connectivity index (χ1n) is 8.91. The molecule has 5 heteroatoms. The van der Waals surface area contributed by atoms with Gasteiger partial charge in [-0.1, -0.05) is 42.5 Å². The van der Waals surface area contributed by atoms with E-state index in [0.29, 0.717) is 25.9 Å². The number of methoxy groups -OCH3 is 1. The van der Waals surface area contributed by atoms with E-state index in [1.54, 1.807) is 12.0 Å². The Morgan fingerprint density at radius 1 is 1.15 bits per heavy atom. The van der Waals surface area contributed by atoms with Crippen LogP contribution in [0.4, 0.5) is 0 Å². The smallest absolute Gasteiger partial charge is 0.242 e. The van der Waals surface area contributed by atoms with Crippen molar-refractivity contribution in [1.29, 1.82) is 0 Å². The van der Waals surface area contributed by atoms with Crippen molar-refractivity contribution >= 4 is 11.8 Å². The van der Waals surface area contributed by atoms with Gasteiger partial charge in [0.2, 0.25) is 11.8 Å². The lowest BCUT2D eigenvalue weighted by atomic mass is 10.1. The van der Waals surface area contributed by atoms with E-state index in [-0.39, 0.29) is 17.9 Å². The highest BCUT2D eigenvalue weighted by Gasteiger charge is 2.35. The minimum atomic E-state index is -0.381. The zero-order chi connectivity index (χ0) is 18.4. The third kappa shape index (κ3) is 4.42. The van der Waals surface area contributed by atoms with E-state index in [1.807, 2.05) is 54.6 Å². The number of hydrogen-bond acceptors (Lipinski definition) is 3. The van der Waals surface area contributed by atoms with E-state index in [2.05, 4.69) is 5.32 Å². The Morgan fingerprint density at radius 2 is 1.92 bits per heavy atom. The van der Waals surface area contributed by atoms with Crippen LogP contribution < -0.4 is 10.1 Å². The van der Waals surface area contributed by atoms with Crippen molar-refractivity contribution in [3.8, 4) is 5.75 Å². The number of carbonyl (C=O) groups is 2. The molecule has 1 atom stereocenters. The standard InChI is InChI=1S/C21H24N2O3/c1-26-18-9-5-8-16(14-18)12-13-22-21(25)19-10-11-20(24)23(19)15-17-6-3-2-4-7-17/h2-9,14,19H,10-13,15H2,1H3,(H,22,25). The molecule has 5 nitrogen and oxygen atoms in total. The average Bonchev–Trinajstić information content (AvgIpc) is 3.03. The second kappa shape index (κ2) is 8.52. The minimum absolute atomic E-state index is 0.0433. The van der Waals surface area contributed by atoms with Crippen LogP contribution in [0, 0.1) is 0 Å². The van der Waals surface area contributed by atoms with Crippen molar-refractivity contribution in [2.45, 2.75) is 31.8 Å². The number of hydrogen-bond donors (Lipinski definition) is 1. The van der Waals surface area contributed by atoms with Crippen LogP contribution in [0.25, 0.3) is 0 Å². The van der Waals surface area contributed by atoms with Gasteiger partial charge in [0.05, 0.1) is 7.11 Å². The van der Waals surface area contributed by atoms with Gasteiger partial charge in [-0.2, -0.15) is 0 Å². The number of nitrogens with zero attached hydrogens (tertiary/aromatic N) is 1. The summed E-state index contributed by atoms with van der Waals surface area (Å²) in [6, 6.07) is 17.2. The summed E-state index contributed by atoms with van der Waals surface area (Å²) < 4.78 is 5.21. The first-order chi connectivity index (χ1) is 12.7. The predicted molar refractivity (Wildman–Crippen MR) is 99.7 cm³/mol. The Morgan fingerprint density at radius 3 is 2.69 bits per heavy atom. The van der Waals surface area contributed by atoms with E-state index in [1.165, 1.54) is 0 Å². The lowest BCUT2D eigenvalue weighted by molar-refractivity contribution is -0.135. The SMILES string of the molecule is COc1cccc(CCNC(=O)C2CCC(=O)N2Cc2ccccc2)c1. The van der Waals surface area contributed by atoms with Crippen molar-refractivity contribution in [2.24, 2.45) is 0 Å². The zero-order valence-electron chi connectivity index (χ0n) is 15.0. The van der Waals surface area contributed by atoms with Gasteiger partial charge < -0.3 is 15.0 Å². The van der Waals surface area contributed by atoms with Crippen LogP contribution in [0.1, 0.15) is 24.0 Å². The molecule has 26 heavy (non-hydrogen) atoms. The van der Waals surface area contributed by atoms with Crippen LogP contribution in [0.5, 0.6) is 5.75 Å². The molecule has 1 fully saturated rings. The molecule has 136 valence electrons. The minimum Gasteiger partial charge on any atom is -0.497 e.